The molecule has 32 fully saturated rings. The highest BCUT2D eigenvalue weighted by atomic mass is 15.0. The predicted molar refractivity (Wildman–Crippen MR) is 384 cm³/mol. The average molecular weight is 1250 g/mol. The van der Waals surface area contributed by atoms with Crippen molar-refractivity contribution < 1.29 is 0 Å². The van der Waals surface area contributed by atoms with Crippen molar-refractivity contribution in [1.29, 1.82) is 0 Å². The van der Waals surface area contributed by atoms with Gasteiger partial charge >= 0.3 is 0 Å². The van der Waals surface area contributed by atoms with E-state index >= 15 is 0 Å². The van der Waals surface area contributed by atoms with Gasteiger partial charge in [0.05, 0.1) is 0 Å². The van der Waals surface area contributed by atoms with Gasteiger partial charge in [0.2, 0.25) is 0 Å². The van der Waals surface area contributed by atoms with Crippen LogP contribution < -0.4 is 0 Å². The van der Waals surface area contributed by atoms with Crippen LogP contribution in [0.15, 0.2) is 0 Å². The maximum Gasteiger partial charge on any atom is -0.0241 e. The second-order valence-corrected chi connectivity index (χ2v) is 42.6. The van der Waals surface area contributed by atoms with Gasteiger partial charge in [0.25, 0.3) is 0 Å². The van der Waals surface area contributed by atoms with Crippen molar-refractivity contribution in [1.82, 2.24) is 0 Å². The van der Waals surface area contributed by atoms with Crippen LogP contribution in [0.2, 0.25) is 0 Å². The summed E-state index contributed by atoms with van der Waals surface area (Å²) in [5.74, 6) is 41.4. The van der Waals surface area contributed by atoms with Crippen LogP contribution in [-0.4, -0.2) is 0 Å². The Bertz CT molecular complexity index is 2100. The van der Waals surface area contributed by atoms with Gasteiger partial charge in [-0.15, -0.1) is 0 Å². The molecule has 0 aliphatic heterocycles. The van der Waals surface area contributed by atoms with E-state index in [-0.39, 0.29) is 0 Å². The van der Waals surface area contributed by atoms with Crippen LogP contribution in [0.5, 0.6) is 0 Å². The van der Waals surface area contributed by atoms with Crippen LogP contribution in [0.1, 0.15) is 366 Å². The summed E-state index contributed by atoms with van der Waals surface area (Å²) in [6.07, 6.45) is 89.7. The van der Waals surface area contributed by atoms with Crippen molar-refractivity contribution in [3.8, 4) is 0 Å². The molecule has 0 aromatic rings. The first kappa shape index (κ1) is 63.0. The molecule has 1 spiro atoms. The Morgan fingerprint density at radius 3 is 0.750 bits per heavy atom. The molecule has 516 valence electrons. The lowest BCUT2D eigenvalue weighted by Gasteiger charge is -3.03. The van der Waals surface area contributed by atoms with Crippen LogP contribution in [0, 0.1) is 207 Å². The minimum atomic E-state index is 0.972. The summed E-state index contributed by atoms with van der Waals surface area (Å²) < 4.78 is 0. The Kier molecular flexibility index (Phi) is 18.5. The zero-order valence-electron chi connectivity index (χ0n) is 60.4. The third-order valence-electron chi connectivity index (χ3n) is 38.9. The van der Waals surface area contributed by atoms with E-state index in [1.165, 1.54) is 211 Å². The van der Waals surface area contributed by atoms with Crippen molar-refractivity contribution in [3.05, 3.63) is 0 Å². The van der Waals surface area contributed by atoms with Crippen LogP contribution in [0.3, 0.4) is 0 Å². The zero-order valence-corrected chi connectivity index (χ0v) is 60.4. The van der Waals surface area contributed by atoms with Crippen molar-refractivity contribution in [2.45, 2.75) is 366 Å². The van der Waals surface area contributed by atoms with E-state index in [0.29, 0.717) is 0 Å². The quantitative estimate of drug-likeness (QED) is 0.212. The van der Waals surface area contributed by atoms with Crippen molar-refractivity contribution in [2.24, 2.45) is 207 Å². The highest BCUT2D eigenvalue weighted by Crippen LogP contribution is 3.01. The van der Waals surface area contributed by atoms with Gasteiger partial charge in [-0.1, -0.05) is 199 Å². The normalized spacial score (nSPS) is 56.9. The van der Waals surface area contributed by atoms with Crippen LogP contribution in [-0.2, 0) is 0 Å². The second kappa shape index (κ2) is 27.1. The largest absolute Gasteiger partial charge is 0.0533 e. The maximum atomic E-state index is 1.64. The van der Waals surface area contributed by atoms with Gasteiger partial charge in [-0.25, -0.2) is 0 Å². The van der Waals surface area contributed by atoms with Gasteiger partial charge < -0.3 is 0 Å². The van der Waals surface area contributed by atoms with Gasteiger partial charge in [-0.3, -0.25) is 0 Å². The minimum absolute atomic E-state index is 0.972. The minimum Gasteiger partial charge on any atom is -0.0533 e. The van der Waals surface area contributed by atoms with Gasteiger partial charge in [-0.2, -0.15) is 0 Å². The lowest BCUT2D eigenvalue weighted by Crippen LogP contribution is -3.00. The summed E-state index contributed by atoms with van der Waals surface area (Å²) in [6.45, 7) is 0. The molecule has 13 unspecified atom stereocenters. The van der Waals surface area contributed by atoms with Gasteiger partial charge in [-0.05, 0) is 374 Å². The number of hydrogen-bond donors (Lipinski definition) is 0. The van der Waals surface area contributed by atoms with Crippen LogP contribution >= 0.6 is 0 Å². The van der Waals surface area contributed by atoms with Gasteiger partial charge in [0.15, 0.2) is 0 Å². The molecule has 0 aromatic heterocycles. The van der Waals surface area contributed by atoms with E-state index in [1.54, 1.807) is 321 Å². The summed E-state index contributed by atoms with van der Waals surface area (Å²) >= 11 is 0. The molecule has 20 bridgehead atoms. The van der Waals surface area contributed by atoms with E-state index < -0.39 is 0 Å². The molecule has 0 N–H and O–H groups in total. The van der Waals surface area contributed by atoms with Crippen LogP contribution in [0.4, 0.5) is 0 Å². The number of fused-ring (bicyclic) bond motifs is 25. The second-order valence-electron chi connectivity index (χ2n) is 42.6. The van der Waals surface area contributed by atoms with Crippen molar-refractivity contribution in [3.63, 3.8) is 0 Å². The molecule has 0 saturated heterocycles. The summed E-state index contributed by atoms with van der Waals surface area (Å²) in [4.78, 5) is 0. The molecule has 0 nitrogen and oxygen atoms in total. The summed E-state index contributed by atoms with van der Waals surface area (Å²) in [5.41, 5.74) is 0.972. The molecule has 0 amide bonds. The molecule has 0 radical (unpaired) electrons. The molecule has 0 aromatic carbocycles. The van der Waals surface area contributed by atoms with E-state index in [9.17, 15) is 0 Å². The van der Waals surface area contributed by atoms with Crippen molar-refractivity contribution >= 4 is 0 Å². The summed E-state index contributed by atoms with van der Waals surface area (Å²) in [6, 6.07) is 0. The third kappa shape index (κ3) is 12.0. The average Bonchev–Trinajstić information content (AvgIpc) is 0.719. The number of hydrogen-bond acceptors (Lipinski definition) is 0. The smallest absolute Gasteiger partial charge is 0.0241 e. The number of rotatable bonds is 0. The predicted octanol–water partition coefficient (Wildman–Crippen LogP) is 26.4. The fraction of sp³-hybridized carbons (Fsp3) is 1.00. The Morgan fingerprint density at radius 2 is 0.424 bits per heavy atom. The van der Waals surface area contributed by atoms with E-state index in [4.69, 9.17) is 0 Å². The Morgan fingerprint density at radius 1 is 0.141 bits per heavy atom. The summed E-state index contributed by atoms with van der Waals surface area (Å²) in [5, 5.41) is 0. The van der Waals surface area contributed by atoms with E-state index in [1.807, 2.05) is 0 Å². The Labute approximate surface area is 569 Å². The Balaban J connectivity index is 0.0000000734. The third-order valence-corrected chi connectivity index (χ3v) is 38.9. The molecular formula is C92H148. The molecule has 0 heterocycles. The van der Waals surface area contributed by atoms with Gasteiger partial charge in [0.1, 0.15) is 0 Å². The van der Waals surface area contributed by atoms with Gasteiger partial charge in [0, 0.05) is 0 Å². The van der Waals surface area contributed by atoms with E-state index in [2.05, 4.69) is 0 Å². The standard InChI is InChI=1S/C12H18.C12H22.2C10H16.C10H18.C9H14.C8H8.C8H14.C7H12.C6H10/c1-2-8-5-7(1)11-9-3-4-10(6-9)12(8)11;1-2-6-11-8-4-5-9-12(10-11)7-3-1;1-7-2-9-4-8(1)5-10(3-7)6-9;1-2-9-7-4-5-8(6-7)10(9)3-1;1-3-9-5-2-6-10(4-1)8-7-9;1-2-7-6-8-3-5-9(7,8)4-1;1-2-5-3(1)7-4(1)6(2)8(5)7;1-2-8-5-3-7(1)4-6-8;1-2-7-4-3-6(1)5-7;1-2-6-3-5(1)4-6/h7-12H,1-6H2;11-12H,1-10H2;2*7-10H,1-6H2;9-10H,1-8H2;7-8H,1-6H2;1-8H;7-8H,1-6H2;6-7H,1-5H2;5-6H,1-4H2. The highest BCUT2D eigenvalue weighted by molar-refractivity contribution is 5.44. The molecule has 0 heteroatoms. The first-order valence-electron chi connectivity index (χ1n) is 45.4. The molecule has 13 atom stereocenters. The highest BCUT2D eigenvalue weighted by Gasteiger charge is 2.97. The lowest BCUT2D eigenvalue weighted by atomic mass is 9.01. The molecule has 32 aliphatic rings. The summed E-state index contributed by atoms with van der Waals surface area (Å²) in [7, 11) is 0. The SMILES string of the molecule is C12C3C4C1C1C2C3C41.C1C2CC3CC1CC(C2)C3.C1CC2C3CCC(C3)C2C1.C1CC2CC1C1C3CCC(C3)C21.C1CC2CC1C2.C1CC2CC3CCC23C1.C1CC2CCC1C2.C1CC2CCC1CC2.C1CC2CCCC(C1)CC2.C1CCC2CCCCC(CC1)C2. The Hall–Kier alpha value is 0. The fourth-order valence-electron chi connectivity index (χ4n) is 34.6. The maximum absolute atomic E-state index is 1.64. The monoisotopic (exact) mass is 1250 g/mol. The van der Waals surface area contributed by atoms with Crippen molar-refractivity contribution in [2.75, 3.05) is 0 Å². The van der Waals surface area contributed by atoms with E-state index in [0.717, 1.165) is 40.9 Å². The lowest BCUT2D eigenvalue weighted by molar-refractivity contribution is -0.565. The first-order valence-corrected chi connectivity index (χ1v) is 45.4. The zero-order chi connectivity index (χ0) is 60.4. The topological polar surface area (TPSA) is 0 Å². The molecule has 32 rings (SSSR count). The molecule has 92 heavy (non-hydrogen) atoms. The first-order chi connectivity index (χ1) is 45.4. The fourth-order valence-corrected chi connectivity index (χ4v) is 34.6. The van der Waals surface area contributed by atoms with Crippen LogP contribution in [0.25, 0.3) is 0 Å². The molecular weight excluding hydrogens is 1110 g/mol. The molecule has 32 saturated carbocycles. The molecule has 32 aliphatic carbocycles.